The van der Waals surface area contributed by atoms with Gasteiger partial charge in [0.15, 0.2) is 0 Å². The van der Waals surface area contributed by atoms with E-state index >= 15 is 0 Å². The fourth-order valence-corrected chi connectivity index (χ4v) is 3.12. The summed E-state index contributed by atoms with van der Waals surface area (Å²) in [4.78, 5) is 0.910. The second-order valence-corrected chi connectivity index (χ2v) is 4.65. The largest absolute Gasteiger partial charge is 0.392 e. The zero-order chi connectivity index (χ0) is 10.1. The molecule has 1 heterocycles. The van der Waals surface area contributed by atoms with Crippen molar-refractivity contribution < 1.29 is 5.11 Å². The molecule has 1 nitrogen and oxygen atoms in total. The lowest BCUT2D eigenvalue weighted by Crippen LogP contribution is -1.92. The fraction of sp³-hybridized carbons (Fsp3) is 0.200. The molecule has 2 aromatic rings. The first-order valence-electron chi connectivity index (χ1n) is 4.15. The Morgan fingerprint density at radius 3 is 2.93 bits per heavy atom. The second-order valence-electron chi connectivity index (χ2n) is 2.99. The Labute approximate surface area is 96.7 Å². The molecule has 0 radical (unpaired) electrons. The van der Waals surface area contributed by atoms with Gasteiger partial charge in [-0.05, 0) is 34.0 Å². The van der Waals surface area contributed by atoms with Crippen LogP contribution in [0.25, 0.3) is 10.1 Å². The molecule has 0 aliphatic carbocycles. The highest BCUT2D eigenvalue weighted by Crippen LogP contribution is 2.33. The number of aliphatic hydroxyl groups is 1. The Balaban J connectivity index is 2.82. The van der Waals surface area contributed by atoms with Crippen molar-refractivity contribution in [1.82, 2.24) is 0 Å². The van der Waals surface area contributed by atoms with Gasteiger partial charge in [0, 0.05) is 15.5 Å². The Hall–Kier alpha value is -0.220. The number of benzene rings is 1. The monoisotopic (exact) mass is 244 g/mol. The van der Waals surface area contributed by atoms with Gasteiger partial charge in [-0.1, -0.05) is 0 Å². The van der Waals surface area contributed by atoms with Crippen LogP contribution in [-0.4, -0.2) is 5.11 Å². The van der Waals surface area contributed by atoms with Crippen LogP contribution in [0.1, 0.15) is 11.1 Å². The molecule has 0 aliphatic rings. The number of alkyl halides is 1. The van der Waals surface area contributed by atoms with Crippen LogP contribution in [-0.2, 0) is 12.5 Å². The van der Waals surface area contributed by atoms with E-state index < -0.39 is 0 Å². The summed E-state index contributed by atoms with van der Waals surface area (Å²) in [5.74, 6) is 0.428. The molecule has 0 bridgehead atoms. The van der Waals surface area contributed by atoms with Crippen LogP contribution >= 0.6 is 35.6 Å². The van der Waals surface area contributed by atoms with Crippen LogP contribution in [0.5, 0.6) is 0 Å². The summed E-state index contributed by atoms with van der Waals surface area (Å²) in [5, 5.41) is 12.3. The van der Waals surface area contributed by atoms with E-state index in [2.05, 4.69) is 12.6 Å². The Morgan fingerprint density at radius 2 is 2.29 bits per heavy atom. The number of hydrogen-bond donors (Lipinski definition) is 2. The van der Waals surface area contributed by atoms with E-state index in [-0.39, 0.29) is 6.61 Å². The molecule has 0 spiro atoms. The van der Waals surface area contributed by atoms with Gasteiger partial charge in [0.1, 0.15) is 0 Å². The predicted octanol–water partition coefficient (Wildman–Crippen LogP) is 3.42. The second kappa shape index (κ2) is 4.11. The molecule has 0 aliphatic heterocycles. The average molecular weight is 245 g/mol. The SMILES string of the molecule is OCc1cc(S)c2sccc2c1CCl. The van der Waals surface area contributed by atoms with Crippen LogP contribution in [0.3, 0.4) is 0 Å². The number of hydrogen-bond acceptors (Lipinski definition) is 3. The number of halogens is 1. The summed E-state index contributed by atoms with van der Waals surface area (Å²) in [6.45, 7) is 0.0153. The normalized spacial score (nSPS) is 11.1. The van der Waals surface area contributed by atoms with E-state index in [1.807, 2.05) is 17.5 Å². The summed E-state index contributed by atoms with van der Waals surface area (Å²) in [7, 11) is 0. The molecular formula is C10H9ClOS2. The maximum absolute atomic E-state index is 9.18. The smallest absolute Gasteiger partial charge is 0.0685 e. The molecular weight excluding hydrogens is 236 g/mol. The molecule has 0 unspecified atom stereocenters. The van der Waals surface area contributed by atoms with Crippen LogP contribution < -0.4 is 0 Å². The standard InChI is InChI=1S/C10H9ClOS2/c11-4-8-6(5-12)3-9(13)10-7(8)1-2-14-10/h1-3,12-13H,4-5H2. The molecule has 1 aromatic carbocycles. The van der Waals surface area contributed by atoms with Crippen LogP contribution in [0.15, 0.2) is 22.4 Å². The minimum atomic E-state index is 0.0153. The molecule has 74 valence electrons. The number of aliphatic hydroxyl groups excluding tert-OH is 1. The summed E-state index contributed by atoms with van der Waals surface area (Å²) >= 11 is 11.9. The van der Waals surface area contributed by atoms with Gasteiger partial charge in [0.05, 0.1) is 6.61 Å². The first-order valence-corrected chi connectivity index (χ1v) is 6.01. The van der Waals surface area contributed by atoms with E-state index in [1.54, 1.807) is 11.3 Å². The van der Waals surface area contributed by atoms with Gasteiger partial charge >= 0.3 is 0 Å². The number of rotatable bonds is 2. The molecule has 0 fully saturated rings. The van der Waals surface area contributed by atoms with Crippen molar-refractivity contribution in [3.8, 4) is 0 Å². The first kappa shape index (κ1) is 10.3. The van der Waals surface area contributed by atoms with Gasteiger partial charge in [-0.15, -0.1) is 35.6 Å². The van der Waals surface area contributed by atoms with Crippen molar-refractivity contribution in [3.63, 3.8) is 0 Å². The molecule has 0 saturated carbocycles. The zero-order valence-electron chi connectivity index (χ0n) is 7.33. The lowest BCUT2D eigenvalue weighted by molar-refractivity contribution is 0.281. The topological polar surface area (TPSA) is 20.2 Å². The Kier molecular flexibility index (Phi) is 3.02. The maximum atomic E-state index is 9.18. The van der Waals surface area contributed by atoms with E-state index in [0.29, 0.717) is 5.88 Å². The number of thiol groups is 1. The van der Waals surface area contributed by atoms with Gasteiger partial charge < -0.3 is 5.11 Å². The predicted molar refractivity (Wildman–Crippen MR) is 64.6 cm³/mol. The maximum Gasteiger partial charge on any atom is 0.0685 e. The van der Waals surface area contributed by atoms with Crippen LogP contribution in [0.4, 0.5) is 0 Å². The van der Waals surface area contributed by atoms with Crippen LogP contribution in [0, 0.1) is 0 Å². The molecule has 4 heteroatoms. The van der Waals surface area contributed by atoms with Gasteiger partial charge in [-0.3, -0.25) is 0 Å². The third-order valence-corrected chi connectivity index (χ3v) is 3.94. The van der Waals surface area contributed by atoms with Crippen molar-refractivity contribution in [3.05, 3.63) is 28.6 Å². The summed E-state index contributed by atoms with van der Waals surface area (Å²) in [6, 6.07) is 3.91. The van der Waals surface area contributed by atoms with E-state index in [4.69, 9.17) is 11.6 Å². The molecule has 0 saturated heterocycles. The highest BCUT2D eigenvalue weighted by atomic mass is 35.5. The molecule has 1 N–H and O–H groups in total. The summed E-state index contributed by atoms with van der Waals surface area (Å²) < 4.78 is 1.14. The molecule has 0 atom stereocenters. The van der Waals surface area contributed by atoms with E-state index in [0.717, 1.165) is 26.1 Å². The van der Waals surface area contributed by atoms with Gasteiger partial charge in [-0.2, -0.15) is 0 Å². The van der Waals surface area contributed by atoms with Crippen molar-refractivity contribution >= 4 is 45.7 Å². The lowest BCUT2D eigenvalue weighted by atomic mass is 10.1. The minimum Gasteiger partial charge on any atom is -0.392 e. The van der Waals surface area contributed by atoms with Gasteiger partial charge in [-0.25, -0.2) is 0 Å². The molecule has 14 heavy (non-hydrogen) atoms. The number of thiophene rings is 1. The Bertz CT molecular complexity index is 464. The van der Waals surface area contributed by atoms with Gasteiger partial charge in [0.25, 0.3) is 0 Å². The third-order valence-electron chi connectivity index (χ3n) is 2.23. The van der Waals surface area contributed by atoms with E-state index in [9.17, 15) is 5.11 Å². The highest BCUT2D eigenvalue weighted by Gasteiger charge is 2.09. The van der Waals surface area contributed by atoms with Gasteiger partial charge in [0.2, 0.25) is 0 Å². The fourth-order valence-electron chi connectivity index (χ4n) is 1.53. The highest BCUT2D eigenvalue weighted by molar-refractivity contribution is 7.80. The van der Waals surface area contributed by atoms with Crippen molar-refractivity contribution in [1.29, 1.82) is 0 Å². The Morgan fingerprint density at radius 1 is 1.50 bits per heavy atom. The van der Waals surface area contributed by atoms with E-state index in [1.165, 1.54) is 0 Å². The first-order chi connectivity index (χ1) is 6.77. The lowest BCUT2D eigenvalue weighted by Gasteiger charge is -2.07. The average Bonchev–Trinajstić information content (AvgIpc) is 2.66. The quantitative estimate of drug-likeness (QED) is 0.613. The molecule has 0 amide bonds. The third kappa shape index (κ3) is 1.54. The summed E-state index contributed by atoms with van der Waals surface area (Å²) in [6.07, 6.45) is 0. The van der Waals surface area contributed by atoms with Crippen molar-refractivity contribution in [2.75, 3.05) is 0 Å². The minimum absolute atomic E-state index is 0.0153. The summed E-state index contributed by atoms with van der Waals surface area (Å²) in [5.41, 5.74) is 1.89. The molecule has 2 rings (SSSR count). The number of fused-ring (bicyclic) bond motifs is 1. The van der Waals surface area contributed by atoms with Crippen LogP contribution in [0.2, 0.25) is 0 Å². The van der Waals surface area contributed by atoms with Crippen molar-refractivity contribution in [2.24, 2.45) is 0 Å². The zero-order valence-corrected chi connectivity index (χ0v) is 9.79. The van der Waals surface area contributed by atoms with Crippen molar-refractivity contribution in [2.45, 2.75) is 17.4 Å². The molecule has 1 aromatic heterocycles.